The Kier molecular flexibility index (Phi) is 8.58. The Hall–Kier alpha value is -3.36. The second-order valence-corrected chi connectivity index (χ2v) is 7.09. The first kappa shape index (κ1) is 24.7. The molecule has 0 bridgehead atoms. The lowest BCUT2D eigenvalue weighted by Crippen LogP contribution is -2.14. The number of aromatic nitrogens is 6. The Morgan fingerprint density at radius 3 is 0.800 bits per heavy atom. The number of nitrogens with zero attached hydrogens (tertiary/aromatic N) is 3. The number of hydrogen-bond acceptors (Lipinski definition) is 6. The van der Waals surface area contributed by atoms with Crippen molar-refractivity contribution in [3.8, 4) is 0 Å². The summed E-state index contributed by atoms with van der Waals surface area (Å²) in [7, 11) is 0. The third-order valence-corrected chi connectivity index (χ3v) is 4.54. The molecule has 0 unspecified atom stereocenters. The summed E-state index contributed by atoms with van der Waals surface area (Å²) in [4.78, 5) is 53.0. The fourth-order valence-electron chi connectivity index (χ4n) is 2.36. The van der Waals surface area contributed by atoms with E-state index in [1.807, 2.05) is 20.8 Å². The second kappa shape index (κ2) is 10.4. The number of aryl methyl sites for hydroxylation is 6. The van der Waals surface area contributed by atoms with Crippen LogP contribution in [0.1, 0.15) is 51.2 Å². The molecule has 3 aromatic rings. The lowest BCUT2D eigenvalue weighted by molar-refractivity contribution is 0.953. The zero-order chi connectivity index (χ0) is 23.2. The Bertz CT molecular complexity index is 1050. The number of hydrogen-bond donors (Lipinski definition) is 3. The van der Waals surface area contributed by atoms with Crippen molar-refractivity contribution in [2.45, 2.75) is 62.3 Å². The van der Waals surface area contributed by atoms with Crippen molar-refractivity contribution < 1.29 is 0 Å². The van der Waals surface area contributed by atoms with Gasteiger partial charge < -0.3 is 15.0 Å². The normalized spacial score (nSPS) is 9.90. The molecular weight excluding hydrogens is 384 g/mol. The van der Waals surface area contributed by atoms with E-state index >= 15 is 0 Å². The first-order valence-electron chi connectivity index (χ1n) is 9.45. The van der Waals surface area contributed by atoms with Gasteiger partial charge in [0.25, 0.3) is 16.7 Å². The molecule has 0 saturated carbocycles. The predicted molar refractivity (Wildman–Crippen MR) is 117 cm³/mol. The zero-order valence-electron chi connectivity index (χ0n) is 19.1. The van der Waals surface area contributed by atoms with Crippen LogP contribution in [-0.2, 0) is 0 Å². The zero-order valence-corrected chi connectivity index (χ0v) is 19.1. The third kappa shape index (κ3) is 6.91. The summed E-state index contributed by atoms with van der Waals surface area (Å²) < 4.78 is 0. The minimum absolute atomic E-state index is 0.0370. The maximum atomic E-state index is 11.0. The van der Waals surface area contributed by atoms with Gasteiger partial charge in [0, 0.05) is 33.8 Å². The van der Waals surface area contributed by atoms with Gasteiger partial charge in [-0.15, -0.1) is 0 Å². The van der Waals surface area contributed by atoms with E-state index in [4.69, 9.17) is 0 Å². The van der Waals surface area contributed by atoms with Gasteiger partial charge in [0.15, 0.2) is 0 Å². The van der Waals surface area contributed by atoms with Gasteiger partial charge in [-0.05, 0) is 62.3 Å². The van der Waals surface area contributed by atoms with E-state index < -0.39 is 0 Å². The van der Waals surface area contributed by atoms with Crippen LogP contribution in [-0.4, -0.2) is 29.9 Å². The third-order valence-electron chi connectivity index (χ3n) is 4.54. The molecule has 3 rings (SSSR count). The maximum Gasteiger partial charge on any atom is 0.254 e. The Morgan fingerprint density at radius 1 is 0.433 bits per heavy atom. The highest BCUT2D eigenvalue weighted by atomic mass is 16.1. The fourth-order valence-corrected chi connectivity index (χ4v) is 2.36. The fraction of sp³-hybridized carbons (Fsp3) is 0.429. The average Bonchev–Trinajstić information content (AvgIpc) is 2.63. The van der Waals surface area contributed by atoms with Gasteiger partial charge in [-0.1, -0.05) is 0 Å². The van der Waals surface area contributed by atoms with Crippen LogP contribution in [0.15, 0.2) is 14.4 Å². The first-order valence-corrected chi connectivity index (χ1v) is 9.45. The van der Waals surface area contributed by atoms with Gasteiger partial charge in [0.05, 0.1) is 0 Å². The molecule has 30 heavy (non-hydrogen) atoms. The highest BCUT2D eigenvalue weighted by molar-refractivity contribution is 5.14. The molecular formula is C21H30N6O3. The standard InChI is InChI=1S/3C7H10N2O/c3*1-4-5(2)8-6(3)9-7(4)10/h3*1-3H3,(H,8,9,10). The number of aromatic amines is 3. The van der Waals surface area contributed by atoms with Crippen molar-refractivity contribution in [1.29, 1.82) is 0 Å². The van der Waals surface area contributed by atoms with Crippen molar-refractivity contribution in [2.24, 2.45) is 0 Å². The second-order valence-electron chi connectivity index (χ2n) is 7.09. The van der Waals surface area contributed by atoms with Crippen LogP contribution >= 0.6 is 0 Å². The van der Waals surface area contributed by atoms with Crippen molar-refractivity contribution in [2.75, 3.05) is 0 Å². The molecule has 0 aromatic carbocycles. The number of rotatable bonds is 0. The number of H-pyrrole nitrogens is 3. The van der Waals surface area contributed by atoms with Gasteiger partial charge in [-0.25, -0.2) is 15.0 Å². The molecule has 0 aliphatic carbocycles. The molecule has 3 heterocycles. The van der Waals surface area contributed by atoms with Crippen LogP contribution in [0.4, 0.5) is 0 Å². The van der Waals surface area contributed by atoms with Gasteiger partial charge >= 0.3 is 0 Å². The average molecular weight is 415 g/mol. The molecule has 0 aliphatic heterocycles. The van der Waals surface area contributed by atoms with Crippen LogP contribution in [0.3, 0.4) is 0 Å². The van der Waals surface area contributed by atoms with Crippen LogP contribution in [0.2, 0.25) is 0 Å². The van der Waals surface area contributed by atoms with E-state index in [0.29, 0.717) is 34.2 Å². The topological polar surface area (TPSA) is 137 Å². The van der Waals surface area contributed by atoms with E-state index in [1.54, 1.807) is 41.5 Å². The smallest absolute Gasteiger partial charge is 0.254 e. The van der Waals surface area contributed by atoms with Gasteiger partial charge in [0.2, 0.25) is 0 Å². The van der Waals surface area contributed by atoms with E-state index in [-0.39, 0.29) is 16.7 Å². The largest absolute Gasteiger partial charge is 0.311 e. The molecule has 0 aliphatic rings. The van der Waals surface area contributed by atoms with Crippen molar-refractivity contribution in [1.82, 2.24) is 29.9 Å². The summed E-state index contributed by atoms with van der Waals surface area (Å²) in [5.74, 6) is 2.02. The molecule has 0 radical (unpaired) electrons. The summed E-state index contributed by atoms with van der Waals surface area (Å²) in [5.41, 5.74) is 4.41. The first-order chi connectivity index (χ1) is 13.8. The maximum absolute atomic E-state index is 11.0. The summed E-state index contributed by atoms with van der Waals surface area (Å²) in [5, 5.41) is 0. The molecule has 0 saturated heterocycles. The van der Waals surface area contributed by atoms with Gasteiger partial charge in [0.1, 0.15) is 17.5 Å². The Labute approximate surface area is 175 Å². The lowest BCUT2D eigenvalue weighted by atomic mass is 10.3. The minimum atomic E-state index is -0.0370. The molecule has 3 aromatic heterocycles. The molecule has 9 heteroatoms. The van der Waals surface area contributed by atoms with E-state index in [1.165, 1.54) is 0 Å². The molecule has 0 spiro atoms. The summed E-state index contributed by atoms with van der Waals surface area (Å²) in [6, 6.07) is 0. The van der Waals surface area contributed by atoms with E-state index in [0.717, 1.165) is 17.1 Å². The van der Waals surface area contributed by atoms with Crippen molar-refractivity contribution in [3.05, 3.63) is 82.3 Å². The SMILES string of the molecule is Cc1nc(C)c(C)c(=O)[nH]1.Cc1nc(C)c(C)c(=O)[nH]1.Cc1nc(C)c(C)c(=O)[nH]1. The molecule has 3 N–H and O–H groups in total. The lowest BCUT2D eigenvalue weighted by Gasteiger charge is -1.97. The van der Waals surface area contributed by atoms with Crippen LogP contribution in [0.5, 0.6) is 0 Å². The quantitative estimate of drug-likeness (QED) is 0.515. The van der Waals surface area contributed by atoms with E-state index in [9.17, 15) is 14.4 Å². The molecule has 9 nitrogen and oxygen atoms in total. The van der Waals surface area contributed by atoms with Crippen molar-refractivity contribution in [3.63, 3.8) is 0 Å². The molecule has 162 valence electrons. The molecule has 0 amide bonds. The summed E-state index contributed by atoms with van der Waals surface area (Å²) in [6.45, 7) is 16.1. The summed E-state index contributed by atoms with van der Waals surface area (Å²) >= 11 is 0. The molecule has 0 fully saturated rings. The Morgan fingerprint density at radius 2 is 0.633 bits per heavy atom. The molecule has 0 atom stereocenters. The van der Waals surface area contributed by atoms with Gasteiger partial charge in [-0.3, -0.25) is 14.4 Å². The summed E-state index contributed by atoms with van der Waals surface area (Å²) in [6.07, 6.45) is 0. The highest BCUT2D eigenvalue weighted by Gasteiger charge is 1.99. The van der Waals surface area contributed by atoms with Crippen LogP contribution < -0.4 is 16.7 Å². The van der Waals surface area contributed by atoms with Crippen LogP contribution in [0.25, 0.3) is 0 Å². The van der Waals surface area contributed by atoms with Gasteiger partial charge in [-0.2, -0.15) is 0 Å². The Balaban J connectivity index is 0.000000225. The number of nitrogens with one attached hydrogen (secondary N) is 3. The van der Waals surface area contributed by atoms with Crippen molar-refractivity contribution >= 4 is 0 Å². The highest BCUT2D eigenvalue weighted by Crippen LogP contribution is 1.95. The minimum Gasteiger partial charge on any atom is -0.311 e. The monoisotopic (exact) mass is 414 g/mol. The van der Waals surface area contributed by atoms with E-state index in [2.05, 4.69) is 29.9 Å². The predicted octanol–water partition coefficient (Wildman–Crippen LogP) is 2.09. The van der Waals surface area contributed by atoms with Crippen LogP contribution in [0, 0.1) is 62.3 Å².